The predicted octanol–water partition coefficient (Wildman–Crippen LogP) is 4.07. The van der Waals surface area contributed by atoms with Gasteiger partial charge in [0, 0.05) is 55.1 Å². The Morgan fingerprint density at radius 2 is 1.62 bits per heavy atom. The Balaban J connectivity index is 0.000000689. The molecule has 17 heteroatoms. The number of carbonyl (C=O) groups excluding carboxylic acids is 2. The molecule has 3 amide bonds. The standard InChI is InChI=1S/C28H24Cl2N6O5S.C3H8N2O/c1-28(12-17-4-6-18(7-5-17)19-13-31-16-32-14-19)26(39)35(22-10-20(29)9-21(30)11-22)27-33-15-24(36(27)28)42(40,41)34-8-2-3-23(34)25(37)38;1-4-3(6)5-2/h4-7,9-11,13-16,23H,2-3,8,12H2,1H3,(H,37,38);1-2H3,(H2,4,5,6)/t23-,28+;/m0./s1. The van der Waals surface area contributed by atoms with E-state index in [1.807, 2.05) is 24.3 Å². The third kappa shape index (κ3) is 6.58. The number of benzene rings is 2. The van der Waals surface area contributed by atoms with Crippen molar-refractivity contribution in [1.29, 1.82) is 0 Å². The third-order valence-corrected chi connectivity index (χ3v) is 10.4. The maximum atomic E-state index is 14.3. The van der Waals surface area contributed by atoms with Crippen LogP contribution in [-0.4, -0.2) is 81.9 Å². The fourth-order valence-corrected chi connectivity index (χ4v) is 8.15. The number of hydrogen-bond acceptors (Lipinski definition) is 8. The summed E-state index contributed by atoms with van der Waals surface area (Å²) < 4.78 is 30.3. The van der Waals surface area contributed by atoms with Gasteiger partial charge in [-0.15, -0.1) is 0 Å². The summed E-state index contributed by atoms with van der Waals surface area (Å²) >= 11 is 12.5. The van der Waals surface area contributed by atoms with Crippen LogP contribution in [0.3, 0.4) is 0 Å². The Kier molecular flexibility index (Phi) is 10.1. The van der Waals surface area contributed by atoms with Crippen molar-refractivity contribution < 1.29 is 27.9 Å². The summed E-state index contributed by atoms with van der Waals surface area (Å²) in [6.07, 6.45) is 6.70. The van der Waals surface area contributed by atoms with E-state index >= 15 is 0 Å². The second-order valence-electron chi connectivity index (χ2n) is 11.2. The summed E-state index contributed by atoms with van der Waals surface area (Å²) in [6.45, 7) is 1.69. The van der Waals surface area contributed by atoms with Gasteiger partial charge in [-0.3, -0.25) is 14.2 Å². The molecular weight excluding hydrogens is 683 g/mol. The highest BCUT2D eigenvalue weighted by molar-refractivity contribution is 7.89. The number of rotatable bonds is 7. The van der Waals surface area contributed by atoms with Crippen molar-refractivity contribution in [1.82, 2.24) is 34.5 Å². The second-order valence-corrected chi connectivity index (χ2v) is 13.9. The Bertz CT molecular complexity index is 1930. The molecule has 2 aliphatic heterocycles. The number of halogens is 2. The molecule has 0 unspecified atom stereocenters. The average Bonchev–Trinajstić information content (AvgIpc) is 3.79. The van der Waals surface area contributed by atoms with Gasteiger partial charge in [0.15, 0.2) is 5.03 Å². The van der Waals surface area contributed by atoms with Gasteiger partial charge in [0.2, 0.25) is 5.95 Å². The van der Waals surface area contributed by atoms with Crippen molar-refractivity contribution in [3.8, 4) is 11.1 Å². The highest BCUT2D eigenvalue weighted by Crippen LogP contribution is 2.45. The zero-order chi connectivity index (χ0) is 34.8. The van der Waals surface area contributed by atoms with Crippen molar-refractivity contribution >= 4 is 62.8 Å². The Morgan fingerprint density at radius 1 is 1.00 bits per heavy atom. The summed E-state index contributed by atoms with van der Waals surface area (Å²) in [4.78, 5) is 49.9. The lowest BCUT2D eigenvalue weighted by molar-refractivity contribution is -0.140. The van der Waals surface area contributed by atoms with E-state index in [9.17, 15) is 27.9 Å². The van der Waals surface area contributed by atoms with Gasteiger partial charge >= 0.3 is 12.0 Å². The normalized spacial score (nSPS) is 19.0. The molecule has 0 radical (unpaired) electrons. The van der Waals surface area contributed by atoms with Crippen LogP contribution in [0.4, 0.5) is 16.4 Å². The molecule has 14 nitrogen and oxygen atoms in total. The van der Waals surface area contributed by atoms with Gasteiger partial charge in [-0.25, -0.2) is 33.1 Å². The number of fused-ring (bicyclic) bond motifs is 1. The lowest BCUT2D eigenvalue weighted by atomic mass is 9.91. The van der Waals surface area contributed by atoms with Crippen molar-refractivity contribution in [3.05, 3.63) is 83.0 Å². The van der Waals surface area contributed by atoms with Crippen LogP contribution >= 0.6 is 23.2 Å². The number of carboxylic acids is 1. The van der Waals surface area contributed by atoms with E-state index in [-0.39, 0.29) is 46.4 Å². The maximum absolute atomic E-state index is 14.3. The van der Waals surface area contributed by atoms with Crippen molar-refractivity contribution in [2.75, 3.05) is 25.5 Å². The Morgan fingerprint density at radius 3 is 2.19 bits per heavy atom. The number of aromatic nitrogens is 4. The monoisotopic (exact) mass is 714 g/mol. The molecule has 0 spiro atoms. The first kappa shape index (κ1) is 34.8. The van der Waals surface area contributed by atoms with Gasteiger partial charge in [0.05, 0.1) is 11.9 Å². The average molecular weight is 716 g/mol. The number of hydrogen-bond donors (Lipinski definition) is 3. The molecule has 0 saturated carbocycles. The highest BCUT2D eigenvalue weighted by atomic mass is 35.5. The van der Waals surface area contributed by atoms with Crippen LogP contribution in [0, 0.1) is 0 Å². The van der Waals surface area contributed by atoms with E-state index < -0.39 is 33.5 Å². The van der Waals surface area contributed by atoms with Gasteiger partial charge < -0.3 is 15.7 Å². The van der Waals surface area contributed by atoms with Crippen LogP contribution in [0.25, 0.3) is 11.1 Å². The molecule has 2 atom stereocenters. The number of nitrogens with one attached hydrogen (secondary N) is 2. The lowest BCUT2D eigenvalue weighted by Gasteiger charge is -2.28. The molecule has 4 aromatic rings. The number of nitrogens with zero attached hydrogens (tertiary/aromatic N) is 6. The number of amides is 3. The zero-order valence-corrected chi connectivity index (χ0v) is 28.4. The quantitative estimate of drug-likeness (QED) is 0.254. The summed E-state index contributed by atoms with van der Waals surface area (Å²) in [5.41, 5.74) is 1.31. The minimum absolute atomic E-state index is 0.0444. The van der Waals surface area contributed by atoms with E-state index in [0.717, 1.165) is 21.0 Å². The van der Waals surface area contributed by atoms with Gasteiger partial charge in [0.25, 0.3) is 15.9 Å². The van der Waals surface area contributed by atoms with Crippen molar-refractivity contribution in [2.24, 2.45) is 0 Å². The summed E-state index contributed by atoms with van der Waals surface area (Å²) in [5, 5.41) is 14.7. The van der Waals surface area contributed by atoms with Crippen molar-refractivity contribution in [3.63, 3.8) is 0 Å². The number of carboxylic acid groups (broad SMARTS) is 1. The van der Waals surface area contributed by atoms with E-state index in [1.165, 1.54) is 28.1 Å². The Labute approximate surface area is 286 Å². The number of aliphatic carboxylic acids is 1. The van der Waals surface area contributed by atoms with Crippen LogP contribution in [0.2, 0.25) is 10.0 Å². The topological polar surface area (TPSA) is 180 Å². The molecule has 48 heavy (non-hydrogen) atoms. The van der Waals surface area contributed by atoms with Crippen molar-refractivity contribution in [2.45, 2.75) is 42.8 Å². The molecular formula is C31H32Cl2N8O6S. The maximum Gasteiger partial charge on any atom is 0.322 e. The van der Waals surface area contributed by atoms with E-state index in [1.54, 1.807) is 45.5 Å². The first-order valence-electron chi connectivity index (χ1n) is 14.7. The molecule has 2 aromatic heterocycles. The summed E-state index contributed by atoms with van der Waals surface area (Å²) in [5.74, 6) is -1.61. The molecule has 0 aliphatic carbocycles. The number of imidazole rings is 1. The number of sulfonamides is 1. The number of carbonyl (C=O) groups is 3. The van der Waals surface area contributed by atoms with Crippen LogP contribution in [0.1, 0.15) is 25.3 Å². The van der Waals surface area contributed by atoms with E-state index in [0.29, 0.717) is 12.1 Å². The Hall–Kier alpha value is -4.57. The summed E-state index contributed by atoms with van der Waals surface area (Å²) in [6, 6.07) is 10.7. The van der Waals surface area contributed by atoms with Crippen LogP contribution in [-0.2, 0) is 31.6 Å². The molecule has 1 fully saturated rings. The predicted molar refractivity (Wildman–Crippen MR) is 179 cm³/mol. The SMILES string of the molecule is CNC(=O)NC.C[C@@]1(Cc2ccc(-c3cncnc3)cc2)C(=O)N(c2cc(Cl)cc(Cl)c2)c2ncc(S(=O)(=O)N3CCC[C@H]3C(=O)O)n21. The van der Waals surface area contributed by atoms with Crippen LogP contribution in [0.15, 0.2) is 72.4 Å². The molecule has 2 aromatic carbocycles. The molecule has 0 bridgehead atoms. The molecule has 2 aliphatic rings. The van der Waals surface area contributed by atoms with Crippen LogP contribution in [0.5, 0.6) is 0 Å². The zero-order valence-electron chi connectivity index (χ0n) is 26.1. The second kappa shape index (κ2) is 13.9. The number of urea groups is 1. The lowest BCUT2D eigenvalue weighted by Crippen LogP contribution is -2.45. The van der Waals surface area contributed by atoms with Gasteiger partial charge in [-0.05, 0) is 49.1 Å². The molecule has 6 rings (SSSR count). The third-order valence-electron chi connectivity index (χ3n) is 8.09. The fourth-order valence-electron chi connectivity index (χ4n) is 5.79. The molecule has 4 heterocycles. The minimum Gasteiger partial charge on any atom is -0.480 e. The van der Waals surface area contributed by atoms with E-state index in [2.05, 4.69) is 25.6 Å². The fraction of sp³-hybridized carbons (Fsp3) is 0.290. The first-order valence-corrected chi connectivity index (χ1v) is 16.9. The van der Waals surface area contributed by atoms with Crippen LogP contribution < -0.4 is 15.5 Å². The minimum atomic E-state index is -4.36. The highest BCUT2D eigenvalue weighted by Gasteiger charge is 2.53. The smallest absolute Gasteiger partial charge is 0.322 e. The van der Waals surface area contributed by atoms with E-state index in [4.69, 9.17) is 23.2 Å². The van der Waals surface area contributed by atoms with Gasteiger partial charge in [0.1, 0.15) is 17.9 Å². The summed E-state index contributed by atoms with van der Waals surface area (Å²) in [7, 11) is -1.22. The first-order chi connectivity index (χ1) is 22.8. The van der Waals surface area contributed by atoms with Gasteiger partial charge in [-0.1, -0.05) is 47.5 Å². The number of anilines is 2. The molecule has 252 valence electrons. The van der Waals surface area contributed by atoms with Gasteiger partial charge in [-0.2, -0.15) is 4.31 Å². The molecule has 3 N–H and O–H groups in total. The molecule has 1 saturated heterocycles. The largest absolute Gasteiger partial charge is 0.480 e.